The topological polar surface area (TPSA) is 89.8 Å². The number of rotatable bonds is 6. The van der Waals surface area contributed by atoms with E-state index in [-0.39, 0.29) is 5.82 Å². The molecule has 2 bridgehead atoms. The van der Waals surface area contributed by atoms with E-state index in [1.54, 1.807) is 0 Å². The molecule has 0 amide bonds. The molecule has 7 rings (SSSR count). The molecule has 5 heterocycles. The third-order valence-electron chi connectivity index (χ3n) is 8.84. The lowest BCUT2D eigenvalue weighted by Gasteiger charge is -2.45. The minimum atomic E-state index is -5.08. The number of aromatic nitrogens is 3. The molecular weight excluding hydrogens is 578 g/mol. The van der Waals surface area contributed by atoms with Crippen molar-refractivity contribution in [1.29, 1.82) is 0 Å². The Kier molecular flexibility index (Phi) is 8.10. The second-order valence-electron chi connectivity index (χ2n) is 11.5. The quantitative estimate of drug-likeness (QED) is 0.300. The van der Waals surface area contributed by atoms with Gasteiger partial charge < -0.3 is 24.8 Å². The molecule has 0 radical (unpaired) electrons. The van der Waals surface area contributed by atoms with E-state index in [2.05, 4.69) is 62.8 Å². The van der Waals surface area contributed by atoms with Crippen LogP contribution in [0.25, 0.3) is 27.5 Å². The monoisotopic (exact) mass is 613 g/mol. The van der Waals surface area contributed by atoms with Gasteiger partial charge in [-0.3, -0.25) is 4.90 Å². The first-order valence-corrected chi connectivity index (χ1v) is 14.9. The molecule has 4 aromatic rings. The molecule has 3 aliphatic rings. The largest absolute Gasteiger partial charge is 0.490 e. The summed E-state index contributed by atoms with van der Waals surface area (Å²) in [4.78, 5) is 26.6. The highest BCUT2D eigenvalue weighted by Gasteiger charge is 2.38. The molecule has 9 nitrogen and oxygen atoms in total. The van der Waals surface area contributed by atoms with E-state index in [1.807, 2.05) is 12.1 Å². The number of alkyl halides is 3. The predicted molar refractivity (Wildman–Crippen MR) is 161 cm³/mol. The van der Waals surface area contributed by atoms with Gasteiger partial charge in [-0.25, -0.2) is 14.2 Å². The van der Waals surface area contributed by atoms with E-state index in [1.165, 1.54) is 25.0 Å². The van der Waals surface area contributed by atoms with Gasteiger partial charge in [-0.2, -0.15) is 18.2 Å². The van der Waals surface area contributed by atoms with Gasteiger partial charge in [0, 0.05) is 67.0 Å². The minimum Gasteiger partial charge on any atom is -0.475 e. The number of likely N-dealkylation sites (N-methyl/N-ethyl adjacent to an activating group) is 1. The highest BCUT2D eigenvalue weighted by atomic mass is 19.4. The molecule has 2 aromatic heterocycles. The van der Waals surface area contributed by atoms with Crippen LogP contribution in [-0.2, 0) is 4.79 Å². The molecule has 0 saturated carbocycles. The van der Waals surface area contributed by atoms with Gasteiger partial charge in [-0.1, -0.05) is 13.8 Å². The lowest BCUT2D eigenvalue weighted by molar-refractivity contribution is -0.192. The van der Waals surface area contributed by atoms with Crippen LogP contribution in [0.5, 0.6) is 0 Å². The van der Waals surface area contributed by atoms with Crippen molar-refractivity contribution in [2.75, 3.05) is 49.1 Å². The maximum absolute atomic E-state index is 13.6. The summed E-state index contributed by atoms with van der Waals surface area (Å²) in [6.45, 7) is 10.5. The number of hydrogen-bond donors (Lipinski definition) is 2. The number of carboxylic acid groups (broad SMARTS) is 1. The maximum Gasteiger partial charge on any atom is 0.490 e. The number of aliphatic carboxylic acids is 1. The summed E-state index contributed by atoms with van der Waals surface area (Å²) in [5, 5.41) is 13.1. The Balaban J connectivity index is 0.000000441. The molecule has 2 N–H and O–H groups in total. The van der Waals surface area contributed by atoms with E-state index in [0.717, 1.165) is 78.5 Å². The zero-order chi connectivity index (χ0) is 31.2. The highest BCUT2D eigenvalue weighted by molar-refractivity contribution is 6.08. The molecule has 3 fully saturated rings. The second kappa shape index (κ2) is 11.8. The number of anilines is 2. The molecule has 0 spiro atoms. The Morgan fingerprint density at radius 2 is 1.57 bits per heavy atom. The van der Waals surface area contributed by atoms with Crippen molar-refractivity contribution in [3.8, 4) is 5.69 Å². The zero-order valence-electron chi connectivity index (χ0n) is 24.6. The molecule has 3 saturated heterocycles. The number of nitrogens with zero attached hydrogens (tertiary/aromatic N) is 6. The molecule has 0 unspecified atom stereocenters. The fourth-order valence-corrected chi connectivity index (χ4v) is 6.55. The Morgan fingerprint density at radius 3 is 2.16 bits per heavy atom. The smallest absolute Gasteiger partial charge is 0.475 e. The van der Waals surface area contributed by atoms with Crippen molar-refractivity contribution in [1.82, 2.24) is 24.8 Å². The summed E-state index contributed by atoms with van der Waals surface area (Å²) in [5.41, 5.74) is 3.00. The van der Waals surface area contributed by atoms with Crippen LogP contribution < -0.4 is 15.1 Å². The molecule has 2 aromatic carbocycles. The number of benzene rings is 2. The molecule has 44 heavy (non-hydrogen) atoms. The van der Waals surface area contributed by atoms with Gasteiger partial charge in [0.1, 0.15) is 11.6 Å². The molecule has 234 valence electrons. The number of carbonyl (C=O) groups is 1. The average Bonchev–Trinajstić information content (AvgIpc) is 3.56. The van der Waals surface area contributed by atoms with Gasteiger partial charge in [-0.05, 0) is 68.4 Å². The molecule has 3 aliphatic heterocycles. The van der Waals surface area contributed by atoms with Gasteiger partial charge in [0.15, 0.2) is 0 Å². The SMILES string of the molecule is CCN(CC)C1CN(c2nc(N3C[C@H]4CC[C@@H](C3)N4)c3ccc4c(ccn4-c4ccc(F)cc4)c3n2)C1.O=C(O)C(F)(F)F. The van der Waals surface area contributed by atoms with Gasteiger partial charge >= 0.3 is 12.1 Å². The number of hydrogen-bond acceptors (Lipinski definition) is 7. The lowest BCUT2D eigenvalue weighted by atomic mass is 10.1. The standard InChI is InChI=1S/C29H34FN7.C2HF3O2/c1-3-34(4-2)23-17-36(18-23)29-32-27-24-13-14-37(22-9-5-19(30)6-10-22)26(24)12-11-25(27)28(33-29)35-15-20-7-8-21(16-35)31-20;3-2(4,5)1(6)7/h5-6,9-14,20-21,23,31H,3-4,7-8,15-18H2,1-2H3;(H,6,7)/t20-,21+;. The Labute approximate surface area is 252 Å². The fraction of sp³-hybridized carbons (Fsp3) is 0.452. The van der Waals surface area contributed by atoms with E-state index >= 15 is 0 Å². The van der Waals surface area contributed by atoms with E-state index < -0.39 is 12.1 Å². The van der Waals surface area contributed by atoms with Crippen molar-refractivity contribution in [2.24, 2.45) is 0 Å². The zero-order valence-corrected chi connectivity index (χ0v) is 24.6. The van der Waals surface area contributed by atoms with Gasteiger partial charge in [0.2, 0.25) is 5.95 Å². The van der Waals surface area contributed by atoms with Gasteiger partial charge in [0.25, 0.3) is 0 Å². The number of piperazine rings is 1. The number of halogens is 4. The van der Waals surface area contributed by atoms with E-state index in [0.29, 0.717) is 18.1 Å². The third-order valence-corrected chi connectivity index (χ3v) is 8.84. The summed E-state index contributed by atoms with van der Waals surface area (Å²) in [6.07, 6.45) is -0.553. The molecule has 2 atom stereocenters. The molecule has 0 aliphatic carbocycles. The summed E-state index contributed by atoms with van der Waals surface area (Å²) < 4.78 is 47.4. The van der Waals surface area contributed by atoms with Crippen molar-refractivity contribution >= 4 is 39.5 Å². The number of fused-ring (bicyclic) bond motifs is 5. The van der Waals surface area contributed by atoms with Crippen LogP contribution in [0.1, 0.15) is 26.7 Å². The van der Waals surface area contributed by atoms with Crippen LogP contribution in [-0.4, -0.2) is 94.1 Å². The second-order valence-corrected chi connectivity index (χ2v) is 11.5. The first kappa shape index (κ1) is 30.1. The first-order valence-electron chi connectivity index (χ1n) is 14.9. The lowest BCUT2D eigenvalue weighted by Crippen LogP contribution is -2.60. The third kappa shape index (κ3) is 5.77. The van der Waals surface area contributed by atoms with E-state index in [4.69, 9.17) is 19.9 Å². The number of carboxylic acids is 1. The van der Waals surface area contributed by atoms with Crippen molar-refractivity contribution in [2.45, 2.75) is 51.0 Å². The highest BCUT2D eigenvalue weighted by Crippen LogP contribution is 2.36. The van der Waals surface area contributed by atoms with Crippen LogP contribution in [0.3, 0.4) is 0 Å². The van der Waals surface area contributed by atoms with Crippen molar-refractivity contribution in [3.63, 3.8) is 0 Å². The van der Waals surface area contributed by atoms with Crippen LogP contribution in [0.15, 0.2) is 48.7 Å². The van der Waals surface area contributed by atoms with Crippen molar-refractivity contribution in [3.05, 3.63) is 54.5 Å². The van der Waals surface area contributed by atoms with Gasteiger partial charge in [-0.15, -0.1) is 0 Å². The van der Waals surface area contributed by atoms with Crippen LogP contribution in [0, 0.1) is 5.82 Å². The van der Waals surface area contributed by atoms with Gasteiger partial charge in [0.05, 0.1) is 11.0 Å². The fourth-order valence-electron chi connectivity index (χ4n) is 6.55. The Bertz CT molecular complexity index is 1640. The Morgan fingerprint density at radius 1 is 0.932 bits per heavy atom. The Hall–Kier alpha value is -3.97. The van der Waals surface area contributed by atoms with Crippen LogP contribution in [0.2, 0.25) is 0 Å². The summed E-state index contributed by atoms with van der Waals surface area (Å²) in [7, 11) is 0. The summed E-state index contributed by atoms with van der Waals surface area (Å²) in [5.74, 6) is -1.09. The summed E-state index contributed by atoms with van der Waals surface area (Å²) >= 11 is 0. The molecule has 13 heteroatoms. The first-order chi connectivity index (χ1) is 21.0. The number of nitrogens with one attached hydrogen (secondary N) is 1. The normalized spacial score (nSPS) is 20.2. The van der Waals surface area contributed by atoms with Crippen LogP contribution in [0.4, 0.5) is 29.3 Å². The minimum absolute atomic E-state index is 0.227. The molecular formula is C31H35F4N7O2. The average molecular weight is 614 g/mol. The van der Waals surface area contributed by atoms with Crippen LogP contribution >= 0.6 is 0 Å². The predicted octanol–water partition coefficient (Wildman–Crippen LogP) is 4.82. The maximum atomic E-state index is 13.6. The summed E-state index contributed by atoms with van der Waals surface area (Å²) in [6, 6.07) is 14.8. The van der Waals surface area contributed by atoms with Crippen molar-refractivity contribution < 1.29 is 27.5 Å². The van der Waals surface area contributed by atoms with E-state index in [9.17, 15) is 17.6 Å².